The predicted octanol–water partition coefficient (Wildman–Crippen LogP) is 3.74. The molecule has 0 aliphatic heterocycles. The number of methoxy groups -OCH3 is 1. The Labute approximate surface area is 209 Å². The fourth-order valence-corrected chi connectivity index (χ4v) is 4.16. The van der Waals surface area contributed by atoms with Gasteiger partial charge in [-0.2, -0.15) is 0 Å². The van der Waals surface area contributed by atoms with Gasteiger partial charge in [-0.25, -0.2) is 4.79 Å². The number of hydrogen-bond acceptors (Lipinski definition) is 6. The molecule has 0 aliphatic rings. The van der Waals surface area contributed by atoms with E-state index in [4.69, 9.17) is 9.47 Å². The quantitative estimate of drug-likeness (QED) is 0.313. The van der Waals surface area contributed by atoms with Gasteiger partial charge in [0, 0.05) is 17.6 Å². The van der Waals surface area contributed by atoms with E-state index in [9.17, 15) is 14.4 Å². The number of rotatable bonds is 11. The van der Waals surface area contributed by atoms with Gasteiger partial charge in [0.15, 0.2) is 6.10 Å². The number of benzene rings is 3. The molecule has 35 heavy (non-hydrogen) atoms. The van der Waals surface area contributed by atoms with E-state index in [2.05, 4.69) is 10.6 Å². The number of amides is 2. The molecule has 0 aromatic heterocycles. The number of ether oxygens (including phenoxy) is 2. The highest BCUT2D eigenvalue weighted by Gasteiger charge is 2.27. The van der Waals surface area contributed by atoms with Crippen molar-refractivity contribution in [3.05, 3.63) is 96.1 Å². The molecule has 0 unspecified atom stereocenters. The Bertz CT molecular complexity index is 1070. The number of hydrogen-bond donors (Lipinski definition) is 2. The largest absolute Gasteiger partial charge is 0.497 e. The molecule has 182 valence electrons. The highest BCUT2D eigenvalue weighted by molar-refractivity contribution is 7.99. The minimum Gasteiger partial charge on any atom is -0.497 e. The number of esters is 1. The molecule has 3 aromatic rings. The zero-order valence-corrected chi connectivity index (χ0v) is 20.4. The van der Waals surface area contributed by atoms with E-state index in [1.165, 1.54) is 18.7 Å². The van der Waals surface area contributed by atoms with Crippen LogP contribution in [-0.4, -0.2) is 43.2 Å². The standard InChI is InChI=1S/C27H28N2O5S/c1-19(30)28-17-25(31)29-24(18-35-23-15-13-22(33-2)14-16-23)27(32)34-26(20-9-5-3-6-10-20)21-11-7-4-8-12-21/h3-16,24,26H,17-18H2,1-2H3,(H,28,30)(H,29,31)/t24-/m0/s1. The van der Waals surface area contributed by atoms with E-state index >= 15 is 0 Å². The second-order valence-corrected chi connectivity index (χ2v) is 8.75. The molecular weight excluding hydrogens is 464 g/mol. The van der Waals surface area contributed by atoms with Crippen molar-refractivity contribution in [1.82, 2.24) is 10.6 Å². The lowest BCUT2D eigenvalue weighted by Gasteiger charge is -2.23. The van der Waals surface area contributed by atoms with Gasteiger partial charge in [-0.1, -0.05) is 60.7 Å². The van der Waals surface area contributed by atoms with Crippen molar-refractivity contribution in [3.63, 3.8) is 0 Å². The molecule has 0 fully saturated rings. The summed E-state index contributed by atoms with van der Waals surface area (Å²) in [5.74, 6) is -0.413. The van der Waals surface area contributed by atoms with Gasteiger partial charge in [-0.3, -0.25) is 9.59 Å². The minimum absolute atomic E-state index is 0.229. The van der Waals surface area contributed by atoms with Gasteiger partial charge in [0.2, 0.25) is 11.8 Å². The molecule has 8 heteroatoms. The molecule has 7 nitrogen and oxygen atoms in total. The summed E-state index contributed by atoms with van der Waals surface area (Å²) >= 11 is 1.40. The van der Waals surface area contributed by atoms with Crippen molar-refractivity contribution in [2.75, 3.05) is 19.4 Å². The van der Waals surface area contributed by atoms with Crippen LogP contribution >= 0.6 is 11.8 Å². The van der Waals surface area contributed by atoms with E-state index in [1.807, 2.05) is 84.9 Å². The van der Waals surface area contributed by atoms with Crippen molar-refractivity contribution in [2.45, 2.75) is 24.0 Å². The molecule has 0 radical (unpaired) electrons. The Hall–Kier alpha value is -3.78. The van der Waals surface area contributed by atoms with E-state index < -0.39 is 24.0 Å². The van der Waals surface area contributed by atoms with Crippen LogP contribution < -0.4 is 15.4 Å². The summed E-state index contributed by atoms with van der Waals surface area (Å²) in [5.41, 5.74) is 1.64. The van der Waals surface area contributed by atoms with Gasteiger partial charge in [0.25, 0.3) is 0 Å². The van der Waals surface area contributed by atoms with Gasteiger partial charge in [-0.05, 0) is 35.4 Å². The molecule has 0 heterocycles. The fraction of sp³-hybridized carbons (Fsp3) is 0.222. The summed E-state index contributed by atoms with van der Waals surface area (Å²) in [5, 5.41) is 5.14. The second-order valence-electron chi connectivity index (χ2n) is 7.65. The number of carbonyl (C=O) groups excluding carboxylic acids is 3. The summed E-state index contributed by atoms with van der Waals surface area (Å²) in [6.07, 6.45) is -0.634. The van der Waals surface area contributed by atoms with Crippen molar-refractivity contribution in [1.29, 1.82) is 0 Å². The van der Waals surface area contributed by atoms with E-state index in [-0.39, 0.29) is 18.2 Å². The molecular formula is C27H28N2O5S. The van der Waals surface area contributed by atoms with Crippen LogP contribution in [0.2, 0.25) is 0 Å². The second kappa shape index (κ2) is 13.2. The monoisotopic (exact) mass is 492 g/mol. The normalized spacial score (nSPS) is 11.4. The first-order valence-corrected chi connectivity index (χ1v) is 12.1. The Morgan fingerprint density at radius 1 is 0.857 bits per heavy atom. The molecule has 3 aromatic carbocycles. The summed E-state index contributed by atoms with van der Waals surface area (Å²) < 4.78 is 11.1. The average Bonchev–Trinajstić information content (AvgIpc) is 2.89. The fourth-order valence-electron chi connectivity index (χ4n) is 3.25. The lowest BCUT2D eigenvalue weighted by Crippen LogP contribution is -2.47. The first-order chi connectivity index (χ1) is 17.0. The molecule has 0 spiro atoms. The van der Waals surface area contributed by atoms with Crippen LogP contribution in [0.15, 0.2) is 89.8 Å². The number of nitrogens with one attached hydrogen (secondary N) is 2. The van der Waals surface area contributed by atoms with Crippen LogP contribution in [0.5, 0.6) is 5.75 Å². The van der Waals surface area contributed by atoms with E-state index in [1.54, 1.807) is 7.11 Å². The van der Waals surface area contributed by atoms with Crippen molar-refractivity contribution < 1.29 is 23.9 Å². The summed E-state index contributed by atoms with van der Waals surface area (Å²) in [7, 11) is 1.59. The molecule has 2 amide bonds. The third-order valence-corrected chi connectivity index (χ3v) is 6.14. The van der Waals surface area contributed by atoms with Crippen molar-refractivity contribution >= 4 is 29.5 Å². The summed E-state index contributed by atoms with van der Waals surface area (Å²) in [6, 6.07) is 25.3. The predicted molar refractivity (Wildman–Crippen MR) is 135 cm³/mol. The smallest absolute Gasteiger partial charge is 0.330 e. The summed E-state index contributed by atoms with van der Waals surface area (Å²) in [4.78, 5) is 37.9. The van der Waals surface area contributed by atoms with Gasteiger partial charge >= 0.3 is 5.97 Å². The highest BCUT2D eigenvalue weighted by atomic mass is 32.2. The maximum Gasteiger partial charge on any atom is 0.330 e. The lowest BCUT2D eigenvalue weighted by molar-refractivity contribution is -0.150. The zero-order valence-electron chi connectivity index (χ0n) is 19.6. The van der Waals surface area contributed by atoms with Crippen molar-refractivity contribution in [2.24, 2.45) is 0 Å². The molecule has 0 saturated carbocycles. The molecule has 2 N–H and O–H groups in total. The van der Waals surface area contributed by atoms with Gasteiger partial charge < -0.3 is 20.1 Å². The van der Waals surface area contributed by atoms with E-state index in [0.717, 1.165) is 21.8 Å². The lowest BCUT2D eigenvalue weighted by atomic mass is 10.0. The molecule has 0 saturated heterocycles. The third kappa shape index (κ3) is 8.19. The van der Waals surface area contributed by atoms with Gasteiger partial charge in [-0.15, -0.1) is 11.8 Å². The average molecular weight is 493 g/mol. The van der Waals surface area contributed by atoms with Crippen LogP contribution in [0.25, 0.3) is 0 Å². The SMILES string of the molecule is COc1ccc(SC[C@H](NC(=O)CNC(C)=O)C(=O)OC(c2ccccc2)c2ccccc2)cc1. The first-order valence-electron chi connectivity index (χ1n) is 11.1. The van der Waals surface area contributed by atoms with Crippen molar-refractivity contribution in [3.8, 4) is 5.75 Å². The Morgan fingerprint density at radius 3 is 1.94 bits per heavy atom. The molecule has 3 rings (SSSR count). The number of carbonyl (C=O) groups is 3. The van der Waals surface area contributed by atoms with E-state index in [0.29, 0.717) is 0 Å². The van der Waals surface area contributed by atoms with Crippen LogP contribution in [0.4, 0.5) is 0 Å². The maximum atomic E-state index is 13.3. The minimum atomic E-state index is -0.932. The van der Waals surface area contributed by atoms with Crippen LogP contribution in [0.3, 0.4) is 0 Å². The highest BCUT2D eigenvalue weighted by Crippen LogP contribution is 2.27. The summed E-state index contributed by atoms with van der Waals surface area (Å²) in [6.45, 7) is 1.09. The van der Waals surface area contributed by atoms with Gasteiger partial charge in [0.1, 0.15) is 11.8 Å². The molecule has 0 aliphatic carbocycles. The van der Waals surface area contributed by atoms with Crippen LogP contribution in [-0.2, 0) is 19.1 Å². The van der Waals surface area contributed by atoms with Gasteiger partial charge in [0.05, 0.1) is 13.7 Å². The Balaban J connectivity index is 1.78. The molecule has 0 bridgehead atoms. The molecule has 1 atom stereocenters. The first kappa shape index (κ1) is 25.8. The topological polar surface area (TPSA) is 93.7 Å². The Kier molecular flexibility index (Phi) is 9.74. The zero-order chi connectivity index (χ0) is 25.0. The van der Waals surface area contributed by atoms with Crippen LogP contribution in [0.1, 0.15) is 24.2 Å². The van der Waals surface area contributed by atoms with Crippen LogP contribution in [0, 0.1) is 0 Å². The maximum absolute atomic E-state index is 13.3. The number of thioether (sulfide) groups is 1. The third-order valence-electron chi connectivity index (χ3n) is 5.03. The Morgan fingerprint density at radius 2 is 1.43 bits per heavy atom.